The molecule has 0 spiro atoms. The summed E-state index contributed by atoms with van der Waals surface area (Å²) in [5.74, 6) is 1.93. The number of aryl methyl sites for hydroxylation is 2. The summed E-state index contributed by atoms with van der Waals surface area (Å²) in [5, 5.41) is 16.0. The molecule has 164 valence electrons. The van der Waals surface area contributed by atoms with E-state index in [4.69, 9.17) is 9.47 Å². The van der Waals surface area contributed by atoms with Crippen LogP contribution in [-0.2, 0) is 17.8 Å². The Bertz CT molecular complexity index is 1230. The lowest BCUT2D eigenvalue weighted by Crippen LogP contribution is -2.23. The van der Waals surface area contributed by atoms with Gasteiger partial charge < -0.3 is 14.8 Å². The second kappa shape index (κ2) is 9.47. The predicted octanol–water partition coefficient (Wildman–Crippen LogP) is 3.37. The highest BCUT2D eigenvalue weighted by Gasteiger charge is 2.12. The highest BCUT2D eigenvalue weighted by molar-refractivity contribution is 5.76. The van der Waals surface area contributed by atoms with E-state index in [1.165, 1.54) is 5.56 Å². The van der Waals surface area contributed by atoms with Crippen molar-refractivity contribution in [1.29, 1.82) is 0 Å². The van der Waals surface area contributed by atoms with Gasteiger partial charge in [-0.1, -0.05) is 29.8 Å². The van der Waals surface area contributed by atoms with Crippen LogP contribution >= 0.6 is 0 Å². The quantitative estimate of drug-likeness (QED) is 0.460. The van der Waals surface area contributed by atoms with Crippen LogP contribution in [0.5, 0.6) is 11.5 Å². The summed E-state index contributed by atoms with van der Waals surface area (Å²) in [6.07, 6.45) is 0.701. The van der Waals surface area contributed by atoms with E-state index in [0.29, 0.717) is 35.9 Å². The zero-order valence-electron chi connectivity index (χ0n) is 18.3. The van der Waals surface area contributed by atoms with Gasteiger partial charge in [0.2, 0.25) is 5.91 Å². The summed E-state index contributed by atoms with van der Waals surface area (Å²) in [6.45, 7) is 2.41. The molecule has 0 fully saturated rings. The topological polar surface area (TPSA) is 90.6 Å². The number of methoxy groups -OCH3 is 2. The molecular weight excluding hydrogens is 406 g/mol. The first kappa shape index (κ1) is 21.3. The van der Waals surface area contributed by atoms with E-state index in [-0.39, 0.29) is 12.3 Å². The average Bonchev–Trinajstić information content (AvgIpc) is 3.24. The Morgan fingerprint density at radius 1 is 1.00 bits per heavy atom. The molecule has 2 heterocycles. The maximum atomic E-state index is 12.4. The second-order valence-electron chi connectivity index (χ2n) is 7.43. The van der Waals surface area contributed by atoms with Crippen LogP contribution in [0.3, 0.4) is 0 Å². The number of carbonyl (C=O) groups excluding carboxylic acids is 1. The Labute approximate surface area is 186 Å². The van der Waals surface area contributed by atoms with Crippen molar-refractivity contribution in [3.8, 4) is 22.8 Å². The van der Waals surface area contributed by atoms with E-state index in [9.17, 15) is 4.79 Å². The minimum atomic E-state index is -0.0886. The van der Waals surface area contributed by atoms with E-state index in [0.717, 1.165) is 16.8 Å². The number of benzene rings is 2. The molecule has 32 heavy (non-hydrogen) atoms. The number of hydrogen-bond donors (Lipinski definition) is 1. The van der Waals surface area contributed by atoms with Crippen molar-refractivity contribution in [3.05, 3.63) is 71.5 Å². The molecule has 0 bridgehead atoms. The van der Waals surface area contributed by atoms with Crippen LogP contribution < -0.4 is 14.8 Å². The summed E-state index contributed by atoms with van der Waals surface area (Å²) in [5.41, 5.74) is 4.56. The summed E-state index contributed by atoms with van der Waals surface area (Å²) in [7, 11) is 3.19. The number of aromatic nitrogens is 4. The van der Waals surface area contributed by atoms with Crippen LogP contribution in [0.25, 0.3) is 16.9 Å². The van der Waals surface area contributed by atoms with Gasteiger partial charge in [-0.15, -0.1) is 10.2 Å². The van der Waals surface area contributed by atoms with Gasteiger partial charge in [0.25, 0.3) is 0 Å². The van der Waals surface area contributed by atoms with Crippen molar-refractivity contribution >= 4 is 11.6 Å². The van der Waals surface area contributed by atoms with Crippen LogP contribution in [0.4, 0.5) is 0 Å². The van der Waals surface area contributed by atoms with E-state index >= 15 is 0 Å². The Morgan fingerprint density at radius 3 is 2.56 bits per heavy atom. The molecule has 0 aliphatic heterocycles. The summed E-state index contributed by atoms with van der Waals surface area (Å²) in [6, 6.07) is 17.5. The molecular formula is C24H25N5O3. The molecule has 0 aliphatic carbocycles. The van der Waals surface area contributed by atoms with E-state index < -0.39 is 0 Å². The first-order valence-corrected chi connectivity index (χ1v) is 10.3. The molecule has 4 aromatic rings. The SMILES string of the molecule is COc1ccc(CNC(=O)CCc2nnc3ccc(-c4ccc(C)cc4)nn23)c(OC)c1. The zero-order chi connectivity index (χ0) is 22.5. The predicted molar refractivity (Wildman–Crippen MR) is 121 cm³/mol. The first-order valence-electron chi connectivity index (χ1n) is 10.3. The van der Waals surface area contributed by atoms with Gasteiger partial charge in [0, 0.05) is 36.6 Å². The van der Waals surface area contributed by atoms with Gasteiger partial charge in [-0.05, 0) is 31.2 Å². The summed E-state index contributed by atoms with van der Waals surface area (Å²) >= 11 is 0. The molecule has 0 saturated carbocycles. The van der Waals surface area contributed by atoms with Gasteiger partial charge in [0.05, 0.1) is 19.9 Å². The maximum absolute atomic E-state index is 12.4. The summed E-state index contributed by atoms with van der Waals surface area (Å²) in [4.78, 5) is 12.4. The van der Waals surface area contributed by atoms with Crippen LogP contribution in [0.15, 0.2) is 54.6 Å². The van der Waals surface area contributed by atoms with Crippen LogP contribution in [0.2, 0.25) is 0 Å². The average molecular weight is 431 g/mol. The maximum Gasteiger partial charge on any atom is 0.220 e. The number of nitrogens with zero attached hydrogens (tertiary/aromatic N) is 4. The molecule has 2 aromatic heterocycles. The molecule has 0 aliphatic rings. The number of amides is 1. The lowest BCUT2D eigenvalue weighted by molar-refractivity contribution is -0.121. The molecule has 8 heteroatoms. The normalized spacial score (nSPS) is 10.8. The fourth-order valence-corrected chi connectivity index (χ4v) is 3.37. The minimum absolute atomic E-state index is 0.0886. The Morgan fingerprint density at radius 2 is 1.81 bits per heavy atom. The van der Waals surface area contributed by atoms with Crippen molar-refractivity contribution in [3.63, 3.8) is 0 Å². The van der Waals surface area contributed by atoms with E-state index in [1.54, 1.807) is 24.8 Å². The number of nitrogens with one attached hydrogen (secondary N) is 1. The van der Waals surface area contributed by atoms with Crippen LogP contribution in [-0.4, -0.2) is 39.9 Å². The Kier molecular flexibility index (Phi) is 6.30. The van der Waals surface area contributed by atoms with Gasteiger partial charge in [0.1, 0.15) is 11.5 Å². The van der Waals surface area contributed by atoms with Crippen LogP contribution in [0, 0.1) is 6.92 Å². The van der Waals surface area contributed by atoms with Gasteiger partial charge in [-0.25, -0.2) is 0 Å². The minimum Gasteiger partial charge on any atom is -0.497 e. The third kappa shape index (κ3) is 4.69. The number of ether oxygens (including phenoxy) is 2. The van der Waals surface area contributed by atoms with Gasteiger partial charge in [-0.2, -0.15) is 9.61 Å². The monoisotopic (exact) mass is 431 g/mol. The number of rotatable bonds is 8. The molecule has 0 atom stereocenters. The van der Waals surface area contributed by atoms with Gasteiger partial charge in [-0.3, -0.25) is 4.79 Å². The largest absolute Gasteiger partial charge is 0.497 e. The van der Waals surface area contributed by atoms with Gasteiger partial charge in [0.15, 0.2) is 11.5 Å². The Balaban J connectivity index is 1.41. The summed E-state index contributed by atoms with van der Waals surface area (Å²) < 4.78 is 12.3. The zero-order valence-corrected chi connectivity index (χ0v) is 18.3. The molecule has 0 radical (unpaired) electrons. The van der Waals surface area contributed by atoms with Crippen molar-refractivity contribution in [1.82, 2.24) is 25.1 Å². The van der Waals surface area contributed by atoms with E-state index in [1.807, 2.05) is 43.3 Å². The second-order valence-corrected chi connectivity index (χ2v) is 7.43. The van der Waals surface area contributed by atoms with Crippen molar-refractivity contribution in [2.75, 3.05) is 14.2 Å². The molecule has 2 aromatic carbocycles. The molecule has 0 saturated heterocycles. The third-order valence-electron chi connectivity index (χ3n) is 5.22. The standard InChI is InChI=1S/C24H25N5O3/c1-16-4-6-17(7-5-16)20-10-11-22-26-27-23(29(22)28-20)12-13-24(30)25-15-18-8-9-19(31-2)14-21(18)32-3/h4-11,14H,12-13,15H2,1-3H3,(H,25,30). The fraction of sp³-hybridized carbons (Fsp3) is 0.250. The highest BCUT2D eigenvalue weighted by atomic mass is 16.5. The number of fused-ring (bicyclic) bond motifs is 1. The smallest absolute Gasteiger partial charge is 0.220 e. The van der Waals surface area contributed by atoms with Gasteiger partial charge >= 0.3 is 0 Å². The lowest BCUT2D eigenvalue weighted by atomic mass is 10.1. The Hall–Kier alpha value is -3.94. The molecule has 1 amide bonds. The third-order valence-corrected chi connectivity index (χ3v) is 5.22. The van der Waals surface area contributed by atoms with Crippen LogP contribution in [0.1, 0.15) is 23.4 Å². The number of carbonyl (C=O) groups is 1. The molecule has 8 nitrogen and oxygen atoms in total. The highest BCUT2D eigenvalue weighted by Crippen LogP contribution is 2.24. The first-order chi connectivity index (χ1) is 15.6. The molecule has 1 N–H and O–H groups in total. The molecule has 0 unspecified atom stereocenters. The number of hydrogen-bond acceptors (Lipinski definition) is 6. The molecule has 4 rings (SSSR count). The van der Waals surface area contributed by atoms with Crippen molar-refractivity contribution in [2.24, 2.45) is 0 Å². The fourth-order valence-electron chi connectivity index (χ4n) is 3.37. The van der Waals surface area contributed by atoms with Crippen molar-refractivity contribution < 1.29 is 14.3 Å². The lowest BCUT2D eigenvalue weighted by Gasteiger charge is -2.11. The van der Waals surface area contributed by atoms with E-state index in [2.05, 4.69) is 32.7 Å². The van der Waals surface area contributed by atoms with Crippen molar-refractivity contribution in [2.45, 2.75) is 26.3 Å².